The first-order valence-electron chi connectivity index (χ1n) is 6.63. The lowest BCUT2D eigenvalue weighted by molar-refractivity contribution is 0.0833. The van der Waals surface area contributed by atoms with Gasteiger partial charge in [-0.1, -0.05) is 30.1 Å². The largest absolute Gasteiger partial charge is 0.380 e. The number of hydrogen-bond acceptors (Lipinski definition) is 3. The second kappa shape index (κ2) is 7.75. The van der Waals surface area contributed by atoms with Gasteiger partial charge in [-0.15, -0.1) is 11.8 Å². The van der Waals surface area contributed by atoms with E-state index in [1.54, 1.807) is 11.8 Å². The Balaban J connectivity index is 2.04. The summed E-state index contributed by atoms with van der Waals surface area (Å²) in [6, 6.07) is 6.08. The molecule has 0 saturated carbocycles. The topological polar surface area (TPSA) is 21.3 Å². The molecule has 1 aromatic carbocycles. The molecular formula is C14H19Cl2NOS. The van der Waals surface area contributed by atoms with Crippen LogP contribution in [0.3, 0.4) is 0 Å². The minimum absolute atomic E-state index is 0.385. The molecule has 0 bridgehead atoms. The van der Waals surface area contributed by atoms with Gasteiger partial charge in [0.05, 0.1) is 11.6 Å². The fourth-order valence-electron chi connectivity index (χ4n) is 2.12. The van der Waals surface area contributed by atoms with Crippen molar-refractivity contribution in [3.63, 3.8) is 0 Å². The summed E-state index contributed by atoms with van der Waals surface area (Å²) >= 11 is 14.0. The maximum atomic E-state index is 6.23. The van der Waals surface area contributed by atoms with Crippen LogP contribution in [0.4, 0.5) is 0 Å². The summed E-state index contributed by atoms with van der Waals surface area (Å²) < 4.78 is 5.60. The Labute approximate surface area is 129 Å². The molecule has 2 unspecified atom stereocenters. The first-order valence-corrected chi connectivity index (χ1v) is 8.27. The molecule has 0 amide bonds. The summed E-state index contributed by atoms with van der Waals surface area (Å²) in [6.45, 7) is 4.82. The van der Waals surface area contributed by atoms with Crippen molar-refractivity contribution in [3.05, 3.63) is 28.2 Å². The van der Waals surface area contributed by atoms with Crippen molar-refractivity contribution in [3.8, 4) is 0 Å². The summed E-state index contributed by atoms with van der Waals surface area (Å²) in [4.78, 5) is 1.04. The van der Waals surface area contributed by atoms with Crippen LogP contribution in [0.2, 0.25) is 10.0 Å². The van der Waals surface area contributed by atoms with Crippen molar-refractivity contribution < 1.29 is 4.74 Å². The Bertz CT molecular complexity index is 416. The van der Waals surface area contributed by atoms with Crippen molar-refractivity contribution in [2.75, 3.05) is 19.8 Å². The lowest BCUT2D eigenvalue weighted by atomic mass is 10.1. The van der Waals surface area contributed by atoms with Gasteiger partial charge in [0.15, 0.2) is 0 Å². The SMILES string of the molecule is CCCNC1CCOCC1Sc1cc(Cl)ccc1Cl. The third-order valence-corrected chi connectivity index (χ3v) is 5.17. The molecule has 2 atom stereocenters. The van der Waals surface area contributed by atoms with Crippen molar-refractivity contribution in [2.24, 2.45) is 0 Å². The van der Waals surface area contributed by atoms with Crippen molar-refractivity contribution in [1.82, 2.24) is 5.32 Å². The van der Waals surface area contributed by atoms with Gasteiger partial charge in [-0.3, -0.25) is 0 Å². The smallest absolute Gasteiger partial charge is 0.0603 e. The van der Waals surface area contributed by atoms with E-state index in [1.165, 1.54) is 0 Å². The molecule has 0 aliphatic carbocycles. The zero-order valence-electron chi connectivity index (χ0n) is 11.0. The Morgan fingerprint density at radius 2 is 2.26 bits per heavy atom. The van der Waals surface area contributed by atoms with E-state index in [0.717, 1.165) is 47.5 Å². The predicted molar refractivity (Wildman–Crippen MR) is 83.6 cm³/mol. The van der Waals surface area contributed by atoms with Gasteiger partial charge < -0.3 is 10.1 Å². The molecule has 0 aromatic heterocycles. The number of halogens is 2. The predicted octanol–water partition coefficient (Wildman–Crippen LogP) is 4.24. The minimum atomic E-state index is 0.385. The van der Waals surface area contributed by atoms with Crippen LogP contribution in [-0.4, -0.2) is 31.1 Å². The summed E-state index contributed by atoms with van der Waals surface area (Å²) in [7, 11) is 0. The zero-order valence-corrected chi connectivity index (χ0v) is 13.3. The number of ether oxygens (including phenoxy) is 1. The van der Waals surface area contributed by atoms with E-state index in [-0.39, 0.29) is 0 Å². The van der Waals surface area contributed by atoms with Crippen molar-refractivity contribution >= 4 is 35.0 Å². The third-order valence-electron chi connectivity index (χ3n) is 3.13. The van der Waals surface area contributed by atoms with Gasteiger partial charge in [0.25, 0.3) is 0 Å². The molecule has 0 radical (unpaired) electrons. The molecule has 2 nitrogen and oxygen atoms in total. The second-order valence-electron chi connectivity index (χ2n) is 4.66. The van der Waals surface area contributed by atoms with Gasteiger partial charge in [0, 0.05) is 27.8 Å². The number of benzene rings is 1. The number of thioether (sulfide) groups is 1. The first kappa shape index (κ1) is 15.5. The highest BCUT2D eigenvalue weighted by atomic mass is 35.5. The zero-order chi connectivity index (χ0) is 13.7. The molecule has 1 aliphatic rings. The molecular weight excluding hydrogens is 301 g/mol. The van der Waals surface area contributed by atoms with Crippen LogP contribution in [0.25, 0.3) is 0 Å². The average Bonchev–Trinajstić information content (AvgIpc) is 2.42. The lowest BCUT2D eigenvalue weighted by Gasteiger charge is -2.32. The second-order valence-corrected chi connectivity index (χ2v) is 6.78. The van der Waals surface area contributed by atoms with Crippen LogP contribution in [0.5, 0.6) is 0 Å². The quantitative estimate of drug-likeness (QED) is 0.877. The lowest BCUT2D eigenvalue weighted by Crippen LogP contribution is -2.45. The Morgan fingerprint density at radius 1 is 1.42 bits per heavy atom. The van der Waals surface area contributed by atoms with E-state index in [2.05, 4.69) is 12.2 Å². The van der Waals surface area contributed by atoms with Gasteiger partial charge in [0.1, 0.15) is 0 Å². The van der Waals surface area contributed by atoms with E-state index >= 15 is 0 Å². The fraction of sp³-hybridized carbons (Fsp3) is 0.571. The van der Waals surface area contributed by atoms with E-state index < -0.39 is 0 Å². The van der Waals surface area contributed by atoms with Crippen molar-refractivity contribution in [1.29, 1.82) is 0 Å². The van der Waals surface area contributed by atoms with E-state index in [0.29, 0.717) is 11.3 Å². The van der Waals surface area contributed by atoms with E-state index in [1.807, 2.05) is 18.2 Å². The Morgan fingerprint density at radius 3 is 3.05 bits per heavy atom. The van der Waals surface area contributed by atoms with Crippen LogP contribution in [0.1, 0.15) is 19.8 Å². The molecule has 1 heterocycles. The minimum Gasteiger partial charge on any atom is -0.380 e. The molecule has 1 fully saturated rings. The maximum Gasteiger partial charge on any atom is 0.0603 e. The molecule has 106 valence electrons. The number of rotatable bonds is 5. The molecule has 5 heteroatoms. The number of hydrogen-bond donors (Lipinski definition) is 1. The van der Waals surface area contributed by atoms with Gasteiger partial charge >= 0.3 is 0 Å². The fourth-order valence-corrected chi connectivity index (χ4v) is 3.87. The van der Waals surface area contributed by atoms with Gasteiger partial charge in [-0.05, 0) is 37.6 Å². The van der Waals surface area contributed by atoms with Crippen LogP contribution in [0.15, 0.2) is 23.1 Å². The normalized spacial score (nSPS) is 23.5. The van der Waals surface area contributed by atoms with Crippen molar-refractivity contribution in [2.45, 2.75) is 36.0 Å². The first-order chi connectivity index (χ1) is 9.20. The maximum absolute atomic E-state index is 6.23. The Kier molecular flexibility index (Phi) is 6.30. The highest BCUT2D eigenvalue weighted by Gasteiger charge is 2.26. The highest BCUT2D eigenvalue weighted by Crippen LogP contribution is 2.35. The highest BCUT2D eigenvalue weighted by molar-refractivity contribution is 8.00. The van der Waals surface area contributed by atoms with Crippen LogP contribution >= 0.6 is 35.0 Å². The summed E-state index contributed by atoms with van der Waals surface area (Å²) in [5.41, 5.74) is 0. The molecule has 0 spiro atoms. The summed E-state index contributed by atoms with van der Waals surface area (Å²) in [6.07, 6.45) is 2.20. The summed E-state index contributed by atoms with van der Waals surface area (Å²) in [5.74, 6) is 0. The van der Waals surface area contributed by atoms with Crippen LogP contribution in [-0.2, 0) is 4.74 Å². The van der Waals surface area contributed by atoms with Crippen LogP contribution < -0.4 is 5.32 Å². The number of nitrogens with one attached hydrogen (secondary N) is 1. The molecule has 1 aliphatic heterocycles. The van der Waals surface area contributed by atoms with Gasteiger partial charge in [-0.2, -0.15) is 0 Å². The standard InChI is InChI=1S/C14H19Cl2NOS/c1-2-6-17-12-5-7-18-9-14(12)19-13-8-10(15)3-4-11(13)16/h3-4,8,12,14,17H,2,5-7,9H2,1H3. The summed E-state index contributed by atoms with van der Waals surface area (Å²) in [5, 5.41) is 5.47. The monoisotopic (exact) mass is 319 g/mol. The van der Waals surface area contributed by atoms with Crippen LogP contribution in [0, 0.1) is 0 Å². The Hall–Kier alpha value is 0.0700. The van der Waals surface area contributed by atoms with Gasteiger partial charge in [0.2, 0.25) is 0 Å². The van der Waals surface area contributed by atoms with E-state index in [9.17, 15) is 0 Å². The molecule has 1 N–H and O–H groups in total. The van der Waals surface area contributed by atoms with E-state index in [4.69, 9.17) is 27.9 Å². The van der Waals surface area contributed by atoms with Gasteiger partial charge in [-0.25, -0.2) is 0 Å². The molecule has 2 rings (SSSR count). The molecule has 1 aromatic rings. The molecule has 1 saturated heterocycles. The molecule has 19 heavy (non-hydrogen) atoms. The average molecular weight is 320 g/mol. The third kappa shape index (κ3) is 4.54.